The molecule has 0 radical (unpaired) electrons. The SMILES string of the molecule is C=CC.CCN(C(=O)OCc1ccccc1)C1CCN(CC2CCC(N3C(C)CC4CCC(O)C43)C2)CC1. The van der Waals surface area contributed by atoms with Crippen LogP contribution in [0.2, 0.25) is 0 Å². The van der Waals surface area contributed by atoms with Crippen LogP contribution in [-0.2, 0) is 11.3 Å². The lowest BCUT2D eigenvalue weighted by atomic mass is 10.00. The Morgan fingerprint density at radius 2 is 1.82 bits per heavy atom. The predicted octanol–water partition coefficient (Wildman–Crippen LogP) is 5.70. The number of carbonyl (C=O) groups excluding carboxylic acids is 1. The van der Waals surface area contributed by atoms with E-state index in [4.69, 9.17) is 4.74 Å². The molecule has 2 aliphatic carbocycles. The predicted molar refractivity (Wildman–Crippen MR) is 154 cm³/mol. The zero-order chi connectivity index (χ0) is 27.1. The fourth-order valence-corrected chi connectivity index (χ4v) is 7.80. The molecule has 6 unspecified atom stereocenters. The zero-order valence-electron chi connectivity index (χ0n) is 24.0. The van der Waals surface area contributed by atoms with E-state index in [1.165, 1.54) is 38.6 Å². The Morgan fingerprint density at radius 3 is 2.50 bits per heavy atom. The monoisotopic (exact) mass is 525 g/mol. The molecule has 38 heavy (non-hydrogen) atoms. The van der Waals surface area contributed by atoms with E-state index in [9.17, 15) is 9.90 Å². The van der Waals surface area contributed by atoms with Gasteiger partial charge in [0.05, 0.1) is 6.10 Å². The standard InChI is InChI=1S/C29H45N3O3.C3H6/c1-3-31(29(34)35-20-22-7-5-4-6-8-22)25-13-15-30(16-14-25)19-23-9-11-26(18-23)32-21(2)17-24-10-12-27(33)28(24)32;1-3-2/h4-8,21,23-28,33H,3,9-20H2,1-2H3;3H,1H2,2H3. The minimum absolute atomic E-state index is 0.107. The van der Waals surface area contributed by atoms with Crippen LogP contribution >= 0.6 is 0 Å². The van der Waals surface area contributed by atoms with Gasteiger partial charge in [-0.15, -0.1) is 6.58 Å². The van der Waals surface area contributed by atoms with Gasteiger partial charge < -0.3 is 19.6 Å². The first-order chi connectivity index (χ1) is 18.4. The number of hydrogen-bond donors (Lipinski definition) is 1. The molecule has 0 bridgehead atoms. The molecule has 212 valence electrons. The number of likely N-dealkylation sites (tertiary alicyclic amines) is 2. The summed E-state index contributed by atoms with van der Waals surface area (Å²) in [6.45, 7) is 14.0. The third kappa shape index (κ3) is 7.00. The molecule has 6 atom stereocenters. The Hall–Kier alpha value is -1.89. The van der Waals surface area contributed by atoms with Gasteiger partial charge in [-0.2, -0.15) is 0 Å². The van der Waals surface area contributed by atoms with Crippen molar-refractivity contribution in [3.05, 3.63) is 48.6 Å². The van der Waals surface area contributed by atoms with Crippen LogP contribution in [0, 0.1) is 11.8 Å². The Kier molecular flexibility index (Phi) is 10.7. The van der Waals surface area contributed by atoms with Crippen LogP contribution in [0.3, 0.4) is 0 Å². The summed E-state index contributed by atoms with van der Waals surface area (Å²) in [5, 5.41) is 10.6. The number of hydrogen-bond acceptors (Lipinski definition) is 5. The Labute approximate surface area is 231 Å². The highest BCUT2D eigenvalue weighted by Gasteiger charge is 2.50. The first-order valence-corrected chi connectivity index (χ1v) is 15.2. The fourth-order valence-electron chi connectivity index (χ4n) is 7.80. The topological polar surface area (TPSA) is 56.2 Å². The van der Waals surface area contributed by atoms with E-state index in [1.54, 1.807) is 6.08 Å². The number of rotatable bonds is 7. The van der Waals surface area contributed by atoms with Gasteiger partial charge in [0.25, 0.3) is 0 Å². The van der Waals surface area contributed by atoms with E-state index < -0.39 is 0 Å². The number of carbonyl (C=O) groups is 1. The number of piperidine rings is 1. The number of aliphatic hydroxyl groups is 1. The first-order valence-electron chi connectivity index (χ1n) is 15.2. The van der Waals surface area contributed by atoms with Crippen LogP contribution in [0.25, 0.3) is 0 Å². The van der Waals surface area contributed by atoms with E-state index in [0.29, 0.717) is 31.3 Å². The third-order valence-electron chi connectivity index (χ3n) is 9.44. The van der Waals surface area contributed by atoms with Gasteiger partial charge in [0, 0.05) is 50.3 Å². The number of aliphatic hydroxyl groups excluding tert-OH is 1. The van der Waals surface area contributed by atoms with E-state index in [0.717, 1.165) is 49.8 Å². The van der Waals surface area contributed by atoms with Crippen molar-refractivity contribution >= 4 is 6.09 Å². The average Bonchev–Trinajstić information content (AvgIpc) is 3.61. The van der Waals surface area contributed by atoms with Crippen molar-refractivity contribution in [3.8, 4) is 0 Å². The van der Waals surface area contributed by atoms with E-state index >= 15 is 0 Å². The summed E-state index contributed by atoms with van der Waals surface area (Å²) in [5.74, 6) is 1.48. The van der Waals surface area contributed by atoms with Crippen molar-refractivity contribution in [2.75, 3.05) is 26.2 Å². The molecular formula is C32H51N3O3. The number of benzene rings is 1. The number of amides is 1. The van der Waals surface area contributed by atoms with E-state index in [2.05, 4.69) is 30.2 Å². The van der Waals surface area contributed by atoms with Crippen molar-refractivity contribution in [2.24, 2.45) is 11.8 Å². The quantitative estimate of drug-likeness (QED) is 0.463. The maximum Gasteiger partial charge on any atom is 0.410 e. The molecule has 2 aliphatic heterocycles. The lowest BCUT2D eigenvalue weighted by Crippen LogP contribution is -2.48. The van der Waals surface area contributed by atoms with Crippen molar-refractivity contribution < 1.29 is 14.6 Å². The van der Waals surface area contributed by atoms with Crippen LogP contribution in [0.1, 0.15) is 77.7 Å². The Balaban J connectivity index is 0.00000107. The van der Waals surface area contributed by atoms with Crippen LogP contribution in [0.15, 0.2) is 43.0 Å². The maximum absolute atomic E-state index is 12.8. The smallest absolute Gasteiger partial charge is 0.410 e. The van der Waals surface area contributed by atoms with Gasteiger partial charge in [-0.25, -0.2) is 4.79 Å². The van der Waals surface area contributed by atoms with Crippen molar-refractivity contribution in [1.82, 2.24) is 14.7 Å². The molecule has 5 rings (SSSR count). The van der Waals surface area contributed by atoms with Gasteiger partial charge in [-0.05, 0) is 89.5 Å². The lowest BCUT2D eigenvalue weighted by Gasteiger charge is -2.38. The summed E-state index contributed by atoms with van der Waals surface area (Å²) in [6.07, 6.45) is 10.9. The lowest BCUT2D eigenvalue weighted by molar-refractivity contribution is 0.0404. The fraction of sp³-hybridized carbons (Fsp3) is 0.719. The normalized spacial score (nSPS) is 31.9. The molecule has 2 saturated carbocycles. The van der Waals surface area contributed by atoms with Gasteiger partial charge in [0.2, 0.25) is 0 Å². The van der Waals surface area contributed by atoms with Crippen molar-refractivity contribution in [3.63, 3.8) is 0 Å². The maximum atomic E-state index is 12.8. The molecule has 0 spiro atoms. The summed E-state index contributed by atoms with van der Waals surface area (Å²) in [7, 11) is 0. The molecular weight excluding hydrogens is 474 g/mol. The molecule has 1 N–H and O–H groups in total. The molecule has 4 fully saturated rings. The minimum atomic E-state index is -0.180. The van der Waals surface area contributed by atoms with Crippen LogP contribution < -0.4 is 0 Å². The molecule has 1 amide bonds. The molecule has 1 aromatic rings. The second-order valence-electron chi connectivity index (χ2n) is 12.0. The number of fused-ring (bicyclic) bond motifs is 1. The number of allylic oxidation sites excluding steroid dienone is 1. The van der Waals surface area contributed by atoms with Gasteiger partial charge in [0.1, 0.15) is 6.61 Å². The molecule has 2 saturated heterocycles. The summed E-state index contributed by atoms with van der Waals surface area (Å²) in [6, 6.07) is 11.9. The number of nitrogens with zero attached hydrogens (tertiary/aromatic N) is 3. The van der Waals surface area contributed by atoms with Crippen LogP contribution in [0.5, 0.6) is 0 Å². The summed E-state index contributed by atoms with van der Waals surface area (Å²) >= 11 is 0. The first kappa shape index (κ1) is 29.1. The molecule has 1 aromatic carbocycles. The molecule has 4 aliphatic rings. The number of ether oxygens (including phenoxy) is 1. The van der Waals surface area contributed by atoms with E-state index in [-0.39, 0.29) is 18.2 Å². The summed E-state index contributed by atoms with van der Waals surface area (Å²) < 4.78 is 5.63. The van der Waals surface area contributed by atoms with Gasteiger partial charge in [-0.3, -0.25) is 4.90 Å². The average molecular weight is 526 g/mol. The largest absolute Gasteiger partial charge is 0.445 e. The highest BCUT2D eigenvalue weighted by Crippen LogP contribution is 2.45. The summed E-state index contributed by atoms with van der Waals surface area (Å²) in [4.78, 5) is 20.1. The molecule has 6 nitrogen and oxygen atoms in total. The molecule has 6 heteroatoms. The van der Waals surface area contributed by atoms with Crippen molar-refractivity contribution in [2.45, 2.75) is 109 Å². The van der Waals surface area contributed by atoms with Crippen molar-refractivity contribution in [1.29, 1.82) is 0 Å². The zero-order valence-corrected chi connectivity index (χ0v) is 24.0. The second kappa shape index (κ2) is 14.0. The third-order valence-corrected chi connectivity index (χ3v) is 9.44. The Bertz CT molecular complexity index is 872. The van der Waals surface area contributed by atoms with Crippen LogP contribution in [-0.4, -0.2) is 82.3 Å². The molecule has 0 aromatic heterocycles. The summed E-state index contributed by atoms with van der Waals surface area (Å²) in [5.41, 5.74) is 1.03. The van der Waals surface area contributed by atoms with Gasteiger partial charge >= 0.3 is 6.09 Å². The second-order valence-corrected chi connectivity index (χ2v) is 12.0. The Morgan fingerprint density at radius 1 is 1.11 bits per heavy atom. The van der Waals surface area contributed by atoms with Gasteiger partial charge in [-0.1, -0.05) is 36.4 Å². The minimum Gasteiger partial charge on any atom is -0.445 e. The van der Waals surface area contributed by atoms with Gasteiger partial charge in [0.15, 0.2) is 0 Å². The highest BCUT2D eigenvalue weighted by atomic mass is 16.6. The molecule has 2 heterocycles. The highest BCUT2D eigenvalue weighted by molar-refractivity contribution is 5.68. The van der Waals surface area contributed by atoms with E-state index in [1.807, 2.05) is 42.2 Å². The van der Waals surface area contributed by atoms with Crippen LogP contribution in [0.4, 0.5) is 4.79 Å².